The molecule has 1 saturated heterocycles. The summed E-state index contributed by atoms with van der Waals surface area (Å²) < 4.78 is 15.0. The number of anilines is 1. The Kier molecular flexibility index (Phi) is 6.45. The molecule has 2 amide bonds. The summed E-state index contributed by atoms with van der Waals surface area (Å²) >= 11 is 0. The molecule has 2 aliphatic rings. The van der Waals surface area contributed by atoms with Crippen LogP contribution in [0.2, 0.25) is 0 Å². The van der Waals surface area contributed by atoms with E-state index >= 15 is 4.39 Å². The number of hydrogen-bond donors (Lipinski definition) is 3. The van der Waals surface area contributed by atoms with Gasteiger partial charge < -0.3 is 19.7 Å². The van der Waals surface area contributed by atoms with Crippen LogP contribution in [0.1, 0.15) is 42.6 Å². The first-order valence-electron chi connectivity index (χ1n) is 9.97. The third-order valence-electron chi connectivity index (χ3n) is 6.21. The molecule has 0 aliphatic carbocycles. The van der Waals surface area contributed by atoms with Crippen molar-refractivity contribution in [2.24, 2.45) is 22.8 Å². The number of nitrogen functional groups attached to an aromatic ring is 1. The molecule has 0 saturated carbocycles. The number of nitrogens with zero attached hydrogens (tertiary/aromatic N) is 3. The summed E-state index contributed by atoms with van der Waals surface area (Å²) in [6.07, 6.45) is 0.300. The van der Waals surface area contributed by atoms with E-state index in [9.17, 15) is 14.7 Å². The summed E-state index contributed by atoms with van der Waals surface area (Å²) in [5.41, 5.74) is 3.54. The number of rotatable bonds is 4. The molecule has 164 valence electrons. The van der Waals surface area contributed by atoms with Crippen molar-refractivity contribution in [1.82, 2.24) is 10.3 Å². The molecule has 3 atom stereocenters. The minimum absolute atomic E-state index is 0.00868. The fourth-order valence-corrected chi connectivity index (χ4v) is 4.70. The van der Waals surface area contributed by atoms with Gasteiger partial charge >= 0.3 is 6.09 Å². The van der Waals surface area contributed by atoms with Gasteiger partial charge in [0.1, 0.15) is 12.9 Å². The van der Waals surface area contributed by atoms with Gasteiger partial charge in [-0.05, 0) is 37.3 Å². The number of amides is 2. The Hall–Kier alpha value is -2.88. The van der Waals surface area contributed by atoms with Gasteiger partial charge in [-0.3, -0.25) is 10.2 Å². The molecule has 10 heteroatoms. The zero-order valence-electron chi connectivity index (χ0n) is 17.4. The quantitative estimate of drug-likeness (QED) is 0.389. The number of hydrogen-bond acceptors (Lipinski definition) is 6. The molecule has 9 nitrogen and oxygen atoms in total. The second-order valence-corrected chi connectivity index (χ2v) is 7.89. The molecule has 2 heterocycles. The number of piperidine rings is 1. The van der Waals surface area contributed by atoms with Gasteiger partial charge in [0.2, 0.25) is 0 Å². The number of fused-ring (bicyclic) bond motifs is 1. The van der Waals surface area contributed by atoms with Gasteiger partial charge in [0, 0.05) is 43.3 Å². The molecule has 1 aromatic rings. The van der Waals surface area contributed by atoms with Crippen molar-refractivity contribution in [2.45, 2.75) is 32.7 Å². The van der Waals surface area contributed by atoms with Gasteiger partial charge in [0.25, 0.3) is 5.91 Å². The first-order chi connectivity index (χ1) is 14.3. The Morgan fingerprint density at radius 2 is 2.13 bits per heavy atom. The molecule has 0 aromatic heterocycles. The molecule has 30 heavy (non-hydrogen) atoms. The maximum atomic E-state index is 15.0. The minimum Gasteiger partial charge on any atom is -0.465 e. The van der Waals surface area contributed by atoms with Crippen LogP contribution in [-0.4, -0.2) is 60.5 Å². The lowest BCUT2D eigenvalue weighted by Gasteiger charge is -2.45. The largest absolute Gasteiger partial charge is 0.465 e. The molecule has 1 unspecified atom stereocenters. The summed E-state index contributed by atoms with van der Waals surface area (Å²) in [5.74, 6) is 4.45. The summed E-state index contributed by atoms with van der Waals surface area (Å²) in [5, 5.41) is 13.3. The normalized spacial score (nSPS) is 23.7. The van der Waals surface area contributed by atoms with Crippen LogP contribution in [0.3, 0.4) is 0 Å². The highest BCUT2D eigenvalue weighted by atomic mass is 19.1. The number of carboxylic acid groups (broad SMARTS) is 1. The minimum atomic E-state index is -0.906. The summed E-state index contributed by atoms with van der Waals surface area (Å²) in [4.78, 5) is 31.8. The molecule has 1 aromatic carbocycles. The zero-order valence-corrected chi connectivity index (χ0v) is 17.4. The number of nitrogens with two attached hydrogens (primary N) is 1. The van der Waals surface area contributed by atoms with Crippen molar-refractivity contribution in [3.8, 4) is 0 Å². The van der Waals surface area contributed by atoms with E-state index in [0.29, 0.717) is 49.4 Å². The van der Waals surface area contributed by atoms with E-state index in [1.54, 1.807) is 6.07 Å². The summed E-state index contributed by atoms with van der Waals surface area (Å²) in [6, 6.07) is 2.78. The lowest BCUT2D eigenvalue weighted by Crippen LogP contribution is -2.51. The molecule has 0 bridgehead atoms. The van der Waals surface area contributed by atoms with Crippen molar-refractivity contribution in [1.29, 1.82) is 0 Å². The molecular formula is C20H28FN5O4. The van der Waals surface area contributed by atoms with Gasteiger partial charge in [-0.25, -0.2) is 15.0 Å². The smallest absolute Gasteiger partial charge is 0.407 e. The van der Waals surface area contributed by atoms with Crippen LogP contribution in [0.4, 0.5) is 14.9 Å². The van der Waals surface area contributed by atoms with Crippen molar-refractivity contribution < 1.29 is 23.9 Å². The maximum Gasteiger partial charge on any atom is 0.407 e. The Morgan fingerprint density at radius 3 is 2.73 bits per heavy atom. The van der Waals surface area contributed by atoms with E-state index in [4.69, 9.17) is 10.7 Å². The number of hydrazine groups is 1. The highest BCUT2D eigenvalue weighted by Crippen LogP contribution is 2.37. The first-order valence-corrected chi connectivity index (χ1v) is 9.97. The summed E-state index contributed by atoms with van der Waals surface area (Å²) in [6.45, 7) is 5.61. The maximum absolute atomic E-state index is 15.0. The molecule has 3 rings (SSSR count). The molecule has 4 N–H and O–H groups in total. The average molecular weight is 421 g/mol. The van der Waals surface area contributed by atoms with Crippen LogP contribution in [0.5, 0.6) is 0 Å². The topological polar surface area (TPSA) is 120 Å². The van der Waals surface area contributed by atoms with E-state index in [2.05, 4.69) is 17.0 Å². The molecule has 0 spiro atoms. The first kappa shape index (κ1) is 21.8. The number of nitrogens with one attached hydrogen (secondary N) is 1. The Morgan fingerprint density at radius 1 is 1.40 bits per heavy atom. The van der Waals surface area contributed by atoms with E-state index in [0.717, 1.165) is 6.07 Å². The average Bonchev–Trinajstić information content (AvgIpc) is 2.72. The van der Waals surface area contributed by atoms with E-state index in [-0.39, 0.29) is 23.4 Å². The van der Waals surface area contributed by atoms with Crippen molar-refractivity contribution in [3.05, 3.63) is 29.1 Å². The second kappa shape index (κ2) is 8.86. The summed E-state index contributed by atoms with van der Waals surface area (Å²) in [7, 11) is 1.41. The third kappa shape index (κ3) is 4.04. The number of likely N-dealkylation sites (tertiary alicyclic amines) is 1. The van der Waals surface area contributed by atoms with Crippen molar-refractivity contribution in [2.75, 3.05) is 31.6 Å². The number of benzene rings is 1. The lowest BCUT2D eigenvalue weighted by atomic mass is 9.80. The van der Waals surface area contributed by atoms with E-state index in [1.807, 2.05) is 12.3 Å². The highest BCUT2D eigenvalue weighted by molar-refractivity contribution is 6.08. The van der Waals surface area contributed by atoms with Gasteiger partial charge in [-0.2, -0.15) is 0 Å². The Balaban J connectivity index is 1.98. The lowest BCUT2D eigenvalue weighted by molar-refractivity contribution is 0.0942. The van der Waals surface area contributed by atoms with Gasteiger partial charge in [-0.1, -0.05) is 12.1 Å². The molecule has 1 fully saturated rings. The molecular weight excluding hydrogens is 393 g/mol. The SMILES string of the molecule is CO/N=C1\CCN(C(C)[C@H]2CCN(C(=O)O)C[C@H]2C)c2cc(C(=O)NN)cc(F)c21. The fourth-order valence-electron chi connectivity index (χ4n) is 4.70. The van der Waals surface area contributed by atoms with E-state index < -0.39 is 17.8 Å². The van der Waals surface area contributed by atoms with Gasteiger partial charge in [-0.15, -0.1) is 0 Å². The van der Waals surface area contributed by atoms with Crippen LogP contribution < -0.4 is 16.2 Å². The van der Waals surface area contributed by atoms with Crippen LogP contribution in [0.25, 0.3) is 0 Å². The molecule has 2 aliphatic heterocycles. The zero-order chi connectivity index (χ0) is 22.0. The monoisotopic (exact) mass is 421 g/mol. The predicted octanol–water partition coefficient (Wildman–Crippen LogP) is 2.01. The molecule has 0 radical (unpaired) electrons. The second-order valence-electron chi connectivity index (χ2n) is 7.89. The van der Waals surface area contributed by atoms with Gasteiger partial charge in [0.15, 0.2) is 0 Å². The van der Waals surface area contributed by atoms with Crippen LogP contribution in [0, 0.1) is 17.7 Å². The number of carbonyl (C=O) groups excluding carboxylic acids is 1. The fraction of sp³-hybridized carbons (Fsp3) is 0.550. The Bertz CT molecular complexity index is 862. The standard InChI is InChI=1S/C20H28FN5O4/c1-11-10-25(20(28)29)6-4-14(11)12(2)26-7-5-16(24-30-3)18-15(21)8-13(9-17(18)26)19(27)23-22/h8-9,11-12,14H,4-7,10,22H2,1-3H3,(H,23,27)(H,28,29)/b24-16+/t11-,12?,14+/m1/s1. The predicted molar refractivity (Wildman–Crippen MR) is 110 cm³/mol. The highest BCUT2D eigenvalue weighted by Gasteiger charge is 2.37. The van der Waals surface area contributed by atoms with E-state index in [1.165, 1.54) is 12.0 Å². The van der Waals surface area contributed by atoms with Crippen LogP contribution in [-0.2, 0) is 4.84 Å². The number of halogens is 1. The van der Waals surface area contributed by atoms with Crippen molar-refractivity contribution >= 4 is 23.4 Å². The number of oxime groups is 1. The Labute approximate surface area is 174 Å². The number of carbonyl (C=O) groups is 2. The van der Waals surface area contributed by atoms with Crippen LogP contribution >= 0.6 is 0 Å². The third-order valence-corrected chi connectivity index (χ3v) is 6.21. The van der Waals surface area contributed by atoms with Crippen molar-refractivity contribution in [3.63, 3.8) is 0 Å². The van der Waals surface area contributed by atoms with Crippen LogP contribution in [0.15, 0.2) is 17.3 Å². The van der Waals surface area contributed by atoms with Gasteiger partial charge in [0.05, 0.1) is 11.3 Å².